The minimum atomic E-state index is -0.863. The van der Waals surface area contributed by atoms with Crippen molar-refractivity contribution in [3.63, 3.8) is 0 Å². The lowest BCUT2D eigenvalue weighted by molar-refractivity contribution is -0.137. The van der Waals surface area contributed by atoms with Crippen LogP contribution in [0.3, 0.4) is 0 Å². The number of hydrogen-bond donors (Lipinski definition) is 3. The predicted octanol–water partition coefficient (Wildman–Crippen LogP) is 1.20. The number of hydrogen-bond acceptors (Lipinski definition) is 2. The molecule has 0 aromatic heterocycles. The van der Waals surface area contributed by atoms with Crippen LogP contribution in [0.25, 0.3) is 0 Å². The number of urea groups is 1. The van der Waals surface area contributed by atoms with Gasteiger partial charge in [0.25, 0.3) is 0 Å². The van der Waals surface area contributed by atoms with Gasteiger partial charge < -0.3 is 15.7 Å². The van der Waals surface area contributed by atoms with Gasteiger partial charge in [0.15, 0.2) is 0 Å². The number of amides is 2. The van der Waals surface area contributed by atoms with Gasteiger partial charge in [0, 0.05) is 25.4 Å². The molecule has 0 aliphatic heterocycles. The molecule has 0 aliphatic rings. The van der Waals surface area contributed by atoms with E-state index in [9.17, 15) is 9.59 Å². The lowest BCUT2D eigenvalue weighted by Gasteiger charge is -2.16. The molecule has 0 heterocycles. The van der Waals surface area contributed by atoms with Crippen LogP contribution in [-0.4, -0.2) is 29.7 Å². The maximum absolute atomic E-state index is 11.4. The first-order valence-corrected chi connectivity index (χ1v) is 5.69. The molecule has 0 aliphatic carbocycles. The fourth-order valence-corrected chi connectivity index (χ4v) is 1.31. The van der Waals surface area contributed by atoms with E-state index >= 15 is 0 Å². The average molecular weight is 240 g/mol. The van der Waals surface area contributed by atoms with E-state index in [4.69, 9.17) is 11.5 Å². The van der Waals surface area contributed by atoms with Crippen molar-refractivity contribution in [2.24, 2.45) is 5.92 Å². The van der Waals surface area contributed by atoms with Crippen molar-refractivity contribution in [3.8, 4) is 12.3 Å². The number of terminal acetylenes is 1. The zero-order valence-electron chi connectivity index (χ0n) is 10.3. The van der Waals surface area contributed by atoms with E-state index in [-0.39, 0.29) is 24.4 Å². The van der Waals surface area contributed by atoms with E-state index < -0.39 is 5.97 Å². The first kappa shape index (κ1) is 15.3. The second-order valence-corrected chi connectivity index (χ2v) is 4.07. The molecule has 5 heteroatoms. The van der Waals surface area contributed by atoms with Gasteiger partial charge in [-0.1, -0.05) is 13.8 Å². The molecule has 96 valence electrons. The highest BCUT2D eigenvalue weighted by Crippen LogP contribution is 2.00. The molecule has 0 bridgehead atoms. The van der Waals surface area contributed by atoms with Crippen molar-refractivity contribution in [2.75, 3.05) is 6.54 Å². The van der Waals surface area contributed by atoms with E-state index in [0.717, 1.165) is 6.42 Å². The molecule has 17 heavy (non-hydrogen) atoms. The highest BCUT2D eigenvalue weighted by Gasteiger charge is 2.11. The molecule has 0 aromatic rings. The molecule has 0 fully saturated rings. The van der Waals surface area contributed by atoms with E-state index in [2.05, 4.69) is 16.6 Å². The largest absolute Gasteiger partial charge is 0.481 e. The summed E-state index contributed by atoms with van der Waals surface area (Å²) in [5.41, 5.74) is 0. The highest BCUT2D eigenvalue weighted by molar-refractivity contribution is 5.74. The number of carboxylic acids is 1. The van der Waals surface area contributed by atoms with Gasteiger partial charge in [0.05, 0.1) is 0 Å². The smallest absolute Gasteiger partial charge is 0.315 e. The molecule has 2 unspecified atom stereocenters. The summed E-state index contributed by atoms with van der Waals surface area (Å²) >= 11 is 0. The summed E-state index contributed by atoms with van der Waals surface area (Å²) in [5, 5.41) is 13.9. The normalized spacial score (nSPS) is 13.2. The minimum absolute atomic E-state index is 0.0326. The maximum atomic E-state index is 11.4. The molecular formula is C12H20N2O3. The number of rotatable bonds is 7. The fourth-order valence-electron chi connectivity index (χ4n) is 1.31. The molecule has 0 saturated carbocycles. The van der Waals surface area contributed by atoms with E-state index in [0.29, 0.717) is 13.0 Å². The summed E-state index contributed by atoms with van der Waals surface area (Å²) in [6.07, 6.45) is 6.48. The van der Waals surface area contributed by atoms with Crippen molar-refractivity contribution in [1.29, 1.82) is 0 Å². The van der Waals surface area contributed by atoms with Crippen LogP contribution in [0.15, 0.2) is 0 Å². The van der Waals surface area contributed by atoms with Crippen LogP contribution >= 0.6 is 0 Å². The fraction of sp³-hybridized carbons (Fsp3) is 0.667. The second-order valence-electron chi connectivity index (χ2n) is 4.07. The standard InChI is InChI=1S/C12H20N2O3/c1-4-6-10(5-2)14-12(17)13-8-9(3)7-11(15)16/h1,9-10H,5-8H2,2-3H3,(H,15,16)(H2,13,14,17). The van der Waals surface area contributed by atoms with Crippen LogP contribution in [0.2, 0.25) is 0 Å². The molecule has 0 aromatic carbocycles. The Hall–Kier alpha value is -1.70. The molecule has 0 saturated heterocycles. The van der Waals surface area contributed by atoms with Gasteiger partial charge in [0.1, 0.15) is 0 Å². The summed E-state index contributed by atoms with van der Waals surface area (Å²) in [6.45, 7) is 4.05. The summed E-state index contributed by atoms with van der Waals surface area (Å²) in [4.78, 5) is 21.9. The third-order valence-corrected chi connectivity index (χ3v) is 2.33. The number of carbonyl (C=O) groups excluding carboxylic acids is 1. The lowest BCUT2D eigenvalue weighted by atomic mass is 10.1. The quantitative estimate of drug-likeness (QED) is 0.585. The predicted molar refractivity (Wildman–Crippen MR) is 65.5 cm³/mol. The van der Waals surface area contributed by atoms with Gasteiger partial charge in [-0.25, -0.2) is 4.79 Å². The summed E-state index contributed by atoms with van der Waals surface area (Å²) in [6, 6.07) is -0.334. The zero-order chi connectivity index (χ0) is 13.3. The van der Waals surface area contributed by atoms with Crippen LogP contribution in [0, 0.1) is 18.3 Å². The summed E-state index contributed by atoms with van der Waals surface area (Å²) in [5.74, 6) is 1.54. The number of carboxylic acid groups (broad SMARTS) is 1. The molecule has 2 atom stereocenters. The summed E-state index contributed by atoms with van der Waals surface area (Å²) < 4.78 is 0. The Morgan fingerprint density at radius 2 is 2.12 bits per heavy atom. The average Bonchev–Trinajstić information content (AvgIpc) is 2.25. The Morgan fingerprint density at radius 3 is 2.59 bits per heavy atom. The van der Waals surface area contributed by atoms with Crippen molar-refractivity contribution in [3.05, 3.63) is 0 Å². The van der Waals surface area contributed by atoms with Gasteiger partial charge in [0.2, 0.25) is 0 Å². The minimum Gasteiger partial charge on any atom is -0.481 e. The molecule has 0 spiro atoms. The molecule has 0 radical (unpaired) electrons. The van der Waals surface area contributed by atoms with Crippen LogP contribution in [0.1, 0.15) is 33.1 Å². The van der Waals surface area contributed by atoms with E-state index in [1.54, 1.807) is 6.92 Å². The zero-order valence-corrected chi connectivity index (χ0v) is 10.3. The number of nitrogens with one attached hydrogen (secondary N) is 2. The van der Waals surface area contributed by atoms with Gasteiger partial charge in [-0.3, -0.25) is 4.79 Å². The molecular weight excluding hydrogens is 220 g/mol. The number of carbonyl (C=O) groups is 2. The Kier molecular flexibility index (Phi) is 7.61. The SMILES string of the molecule is C#CCC(CC)NC(=O)NCC(C)CC(=O)O. The van der Waals surface area contributed by atoms with Gasteiger partial charge >= 0.3 is 12.0 Å². The summed E-state index contributed by atoms with van der Waals surface area (Å²) in [7, 11) is 0. The Balaban J connectivity index is 3.86. The monoisotopic (exact) mass is 240 g/mol. The van der Waals surface area contributed by atoms with E-state index in [1.807, 2.05) is 6.92 Å². The Bertz CT molecular complexity index is 297. The Morgan fingerprint density at radius 1 is 1.47 bits per heavy atom. The van der Waals surface area contributed by atoms with Gasteiger partial charge in [-0.05, 0) is 12.3 Å². The first-order valence-electron chi connectivity index (χ1n) is 5.69. The molecule has 2 amide bonds. The van der Waals surface area contributed by atoms with Gasteiger partial charge in [-0.15, -0.1) is 12.3 Å². The van der Waals surface area contributed by atoms with Crippen molar-refractivity contribution in [1.82, 2.24) is 10.6 Å². The second kappa shape index (κ2) is 8.45. The topological polar surface area (TPSA) is 78.4 Å². The third-order valence-electron chi connectivity index (χ3n) is 2.33. The van der Waals surface area contributed by atoms with Crippen LogP contribution < -0.4 is 10.6 Å². The molecule has 0 rings (SSSR count). The van der Waals surface area contributed by atoms with Crippen LogP contribution in [0.4, 0.5) is 4.79 Å². The third kappa shape index (κ3) is 8.14. The lowest BCUT2D eigenvalue weighted by Crippen LogP contribution is -2.43. The first-order chi connectivity index (χ1) is 7.99. The van der Waals surface area contributed by atoms with Crippen molar-refractivity contribution < 1.29 is 14.7 Å². The Labute approximate surface area is 102 Å². The van der Waals surface area contributed by atoms with Gasteiger partial charge in [-0.2, -0.15) is 0 Å². The molecule has 5 nitrogen and oxygen atoms in total. The molecule has 3 N–H and O–H groups in total. The highest BCUT2D eigenvalue weighted by atomic mass is 16.4. The maximum Gasteiger partial charge on any atom is 0.315 e. The van der Waals surface area contributed by atoms with Crippen molar-refractivity contribution >= 4 is 12.0 Å². The van der Waals surface area contributed by atoms with Crippen LogP contribution in [0.5, 0.6) is 0 Å². The number of aliphatic carboxylic acids is 1. The van der Waals surface area contributed by atoms with E-state index in [1.165, 1.54) is 0 Å². The van der Waals surface area contributed by atoms with Crippen LogP contribution in [-0.2, 0) is 4.79 Å². The van der Waals surface area contributed by atoms with Crippen molar-refractivity contribution in [2.45, 2.75) is 39.2 Å².